The van der Waals surface area contributed by atoms with Crippen molar-refractivity contribution in [2.75, 3.05) is 0 Å². The molecule has 0 bridgehead atoms. The fraction of sp³-hybridized carbons (Fsp3) is 0.231. The van der Waals surface area contributed by atoms with Gasteiger partial charge in [-0.1, -0.05) is 6.07 Å². The van der Waals surface area contributed by atoms with Gasteiger partial charge < -0.3 is 10.3 Å². The molecule has 0 fully saturated rings. The highest BCUT2D eigenvalue weighted by Gasteiger charge is 2.10. The zero-order valence-electron chi connectivity index (χ0n) is 9.74. The fourth-order valence-electron chi connectivity index (χ4n) is 1.66. The van der Waals surface area contributed by atoms with Crippen LogP contribution in [0.1, 0.15) is 29.9 Å². The topological polar surface area (TPSA) is 68.7 Å². The number of benzene rings is 1. The van der Waals surface area contributed by atoms with E-state index >= 15 is 0 Å². The third-order valence-electron chi connectivity index (χ3n) is 2.42. The largest absolute Gasteiger partial charge is 0.350 e. The lowest BCUT2D eigenvalue weighted by molar-refractivity contribution is 0.0939. The van der Waals surface area contributed by atoms with Gasteiger partial charge in [0.25, 0.3) is 5.91 Å². The predicted octanol–water partition coefficient (Wildman–Crippen LogP) is 2.18. The van der Waals surface area contributed by atoms with E-state index in [1.165, 1.54) is 0 Å². The Labute approximate surface area is 99.3 Å². The van der Waals surface area contributed by atoms with E-state index in [4.69, 9.17) is 5.26 Å². The molecule has 0 aliphatic carbocycles. The third-order valence-corrected chi connectivity index (χ3v) is 2.42. The molecular formula is C13H13N3O. The highest BCUT2D eigenvalue weighted by molar-refractivity contribution is 5.98. The van der Waals surface area contributed by atoms with E-state index in [1.807, 2.05) is 19.9 Å². The summed E-state index contributed by atoms with van der Waals surface area (Å²) in [6.45, 7) is 3.82. The van der Waals surface area contributed by atoms with Crippen molar-refractivity contribution < 1.29 is 4.79 Å². The zero-order valence-corrected chi connectivity index (χ0v) is 9.74. The molecule has 0 spiro atoms. The predicted molar refractivity (Wildman–Crippen MR) is 65.6 cm³/mol. The normalized spacial score (nSPS) is 10.5. The van der Waals surface area contributed by atoms with Crippen molar-refractivity contribution in [1.82, 2.24) is 10.3 Å². The summed E-state index contributed by atoms with van der Waals surface area (Å²) < 4.78 is 0. The molecule has 0 atom stereocenters. The average molecular weight is 227 g/mol. The SMILES string of the molecule is CC(C)NC(=O)c1cc2ccc(C#N)cc2[nH]1. The fourth-order valence-corrected chi connectivity index (χ4v) is 1.66. The number of carbonyl (C=O) groups is 1. The summed E-state index contributed by atoms with van der Waals surface area (Å²) in [7, 11) is 0. The van der Waals surface area contributed by atoms with Crippen LogP contribution in [0.4, 0.5) is 0 Å². The Kier molecular flexibility index (Phi) is 2.84. The van der Waals surface area contributed by atoms with Crippen molar-refractivity contribution in [3.63, 3.8) is 0 Å². The number of H-pyrrole nitrogens is 1. The second kappa shape index (κ2) is 4.30. The van der Waals surface area contributed by atoms with Crippen LogP contribution in [0, 0.1) is 11.3 Å². The van der Waals surface area contributed by atoms with E-state index in [0.717, 1.165) is 10.9 Å². The maximum Gasteiger partial charge on any atom is 0.267 e. The second-order valence-electron chi connectivity index (χ2n) is 4.23. The Hall–Kier alpha value is -2.28. The van der Waals surface area contributed by atoms with Crippen molar-refractivity contribution in [3.8, 4) is 6.07 Å². The number of aromatic amines is 1. The van der Waals surface area contributed by atoms with Crippen molar-refractivity contribution >= 4 is 16.8 Å². The lowest BCUT2D eigenvalue weighted by atomic mass is 10.2. The van der Waals surface area contributed by atoms with Crippen LogP contribution in [0.2, 0.25) is 0 Å². The highest BCUT2D eigenvalue weighted by atomic mass is 16.1. The smallest absolute Gasteiger partial charge is 0.267 e. The summed E-state index contributed by atoms with van der Waals surface area (Å²) in [5, 5.41) is 12.5. The molecule has 4 nitrogen and oxygen atoms in total. The molecule has 0 saturated carbocycles. The van der Waals surface area contributed by atoms with Gasteiger partial charge in [-0.25, -0.2) is 0 Å². The number of nitrogens with zero attached hydrogens (tertiary/aromatic N) is 1. The highest BCUT2D eigenvalue weighted by Crippen LogP contribution is 2.16. The summed E-state index contributed by atoms with van der Waals surface area (Å²) in [5.74, 6) is -0.130. The van der Waals surface area contributed by atoms with E-state index in [-0.39, 0.29) is 11.9 Å². The van der Waals surface area contributed by atoms with Crippen molar-refractivity contribution in [2.24, 2.45) is 0 Å². The molecule has 17 heavy (non-hydrogen) atoms. The molecule has 0 saturated heterocycles. The summed E-state index contributed by atoms with van der Waals surface area (Å²) >= 11 is 0. The van der Waals surface area contributed by atoms with Crippen LogP contribution in [0.15, 0.2) is 24.3 Å². The molecule has 0 radical (unpaired) electrons. The van der Waals surface area contributed by atoms with Gasteiger partial charge in [-0.3, -0.25) is 4.79 Å². The molecule has 86 valence electrons. The minimum Gasteiger partial charge on any atom is -0.350 e. The summed E-state index contributed by atoms with van der Waals surface area (Å²) in [6.07, 6.45) is 0. The number of aromatic nitrogens is 1. The van der Waals surface area contributed by atoms with Crippen molar-refractivity contribution in [2.45, 2.75) is 19.9 Å². The van der Waals surface area contributed by atoms with E-state index in [9.17, 15) is 4.79 Å². The van der Waals surface area contributed by atoms with Gasteiger partial charge >= 0.3 is 0 Å². The zero-order chi connectivity index (χ0) is 12.4. The number of rotatable bonds is 2. The lowest BCUT2D eigenvalue weighted by Crippen LogP contribution is -2.30. The van der Waals surface area contributed by atoms with Crippen molar-refractivity contribution in [3.05, 3.63) is 35.5 Å². The number of carbonyl (C=O) groups excluding carboxylic acids is 1. The minimum absolute atomic E-state index is 0.101. The van der Waals surface area contributed by atoms with Gasteiger partial charge in [0.2, 0.25) is 0 Å². The molecule has 2 N–H and O–H groups in total. The molecule has 4 heteroatoms. The summed E-state index contributed by atoms with van der Waals surface area (Å²) in [5.41, 5.74) is 1.90. The number of amides is 1. The van der Waals surface area contributed by atoms with Gasteiger partial charge in [0.05, 0.1) is 11.6 Å². The maximum atomic E-state index is 11.8. The Balaban J connectivity index is 2.38. The summed E-state index contributed by atoms with van der Waals surface area (Å²) in [4.78, 5) is 14.8. The van der Waals surface area contributed by atoms with E-state index in [0.29, 0.717) is 11.3 Å². The van der Waals surface area contributed by atoms with Gasteiger partial charge in [0, 0.05) is 16.9 Å². The molecule has 1 heterocycles. The van der Waals surface area contributed by atoms with E-state index in [2.05, 4.69) is 16.4 Å². The van der Waals surface area contributed by atoms with Gasteiger partial charge in [0.1, 0.15) is 5.69 Å². The van der Waals surface area contributed by atoms with Crippen LogP contribution in [-0.4, -0.2) is 16.9 Å². The van der Waals surface area contributed by atoms with E-state index < -0.39 is 0 Å². The van der Waals surface area contributed by atoms with Gasteiger partial charge in [-0.15, -0.1) is 0 Å². The first-order valence-electron chi connectivity index (χ1n) is 5.44. The molecular weight excluding hydrogens is 214 g/mol. The molecule has 0 aliphatic rings. The first kappa shape index (κ1) is 11.2. The first-order chi connectivity index (χ1) is 8.10. The Morgan fingerprint density at radius 2 is 2.18 bits per heavy atom. The Morgan fingerprint density at radius 1 is 1.41 bits per heavy atom. The third kappa shape index (κ3) is 2.28. The number of nitrogens with one attached hydrogen (secondary N) is 2. The van der Waals surface area contributed by atoms with E-state index in [1.54, 1.807) is 18.2 Å². The molecule has 1 amide bonds. The molecule has 2 rings (SSSR count). The van der Waals surface area contributed by atoms with Crippen LogP contribution < -0.4 is 5.32 Å². The van der Waals surface area contributed by atoms with Crippen LogP contribution in [-0.2, 0) is 0 Å². The van der Waals surface area contributed by atoms with Gasteiger partial charge in [0.15, 0.2) is 0 Å². The van der Waals surface area contributed by atoms with Crippen LogP contribution in [0.25, 0.3) is 10.9 Å². The quantitative estimate of drug-likeness (QED) is 0.825. The van der Waals surface area contributed by atoms with Crippen LogP contribution >= 0.6 is 0 Å². The summed E-state index contributed by atoms with van der Waals surface area (Å²) in [6, 6.07) is 9.26. The Bertz CT molecular complexity index is 605. The molecule has 0 unspecified atom stereocenters. The molecule has 1 aromatic heterocycles. The maximum absolute atomic E-state index is 11.8. The Morgan fingerprint density at radius 3 is 2.82 bits per heavy atom. The number of hydrogen-bond donors (Lipinski definition) is 2. The monoisotopic (exact) mass is 227 g/mol. The number of hydrogen-bond acceptors (Lipinski definition) is 2. The van der Waals surface area contributed by atoms with Gasteiger partial charge in [-0.2, -0.15) is 5.26 Å². The van der Waals surface area contributed by atoms with Crippen LogP contribution in [0.5, 0.6) is 0 Å². The van der Waals surface area contributed by atoms with Crippen LogP contribution in [0.3, 0.4) is 0 Å². The average Bonchev–Trinajstić information content (AvgIpc) is 2.70. The molecule has 2 aromatic rings. The second-order valence-corrected chi connectivity index (χ2v) is 4.23. The minimum atomic E-state index is -0.130. The molecule has 1 aromatic carbocycles. The first-order valence-corrected chi connectivity index (χ1v) is 5.44. The van der Waals surface area contributed by atoms with Crippen molar-refractivity contribution in [1.29, 1.82) is 5.26 Å². The number of nitriles is 1. The molecule has 0 aliphatic heterocycles. The number of fused-ring (bicyclic) bond motifs is 1. The van der Waals surface area contributed by atoms with Gasteiger partial charge in [-0.05, 0) is 32.0 Å². The lowest BCUT2D eigenvalue weighted by Gasteiger charge is -2.05. The standard InChI is InChI=1S/C13H13N3O/c1-8(2)15-13(17)12-6-10-4-3-9(7-14)5-11(10)16-12/h3-6,8,16H,1-2H3,(H,15,17).